The highest BCUT2D eigenvalue weighted by molar-refractivity contribution is 8.26. The fourth-order valence-corrected chi connectivity index (χ4v) is 5.08. The van der Waals surface area contributed by atoms with E-state index in [9.17, 15) is 4.79 Å². The van der Waals surface area contributed by atoms with Crippen molar-refractivity contribution >= 4 is 40.3 Å². The predicted octanol–water partition coefficient (Wildman–Crippen LogP) is 6.49. The number of carbonyl (C=O) groups is 1. The number of hydrogen-bond donors (Lipinski definition) is 0. The standard InChI is InChI=1S/C27H29N3O2S2/c1-5-29-26(31)24(34-27(29)33)16-21-17-30(22-9-7-6-8-10-22)28-25(21)20-11-12-23(19(4)15-20)32-14-13-18(2)3/h6-12,15-18H,5,13-14H2,1-4H3. The minimum Gasteiger partial charge on any atom is -0.493 e. The Morgan fingerprint density at radius 3 is 2.59 bits per heavy atom. The third-order valence-corrected chi connectivity index (χ3v) is 7.02. The summed E-state index contributed by atoms with van der Waals surface area (Å²) in [5, 5.41) is 4.90. The number of nitrogens with zero attached hydrogens (tertiary/aromatic N) is 3. The molecular weight excluding hydrogens is 462 g/mol. The maximum Gasteiger partial charge on any atom is 0.266 e. The monoisotopic (exact) mass is 491 g/mol. The molecule has 0 spiro atoms. The molecule has 7 heteroatoms. The minimum atomic E-state index is -0.0546. The van der Waals surface area contributed by atoms with Crippen molar-refractivity contribution in [1.29, 1.82) is 0 Å². The van der Waals surface area contributed by atoms with Crippen LogP contribution in [0.15, 0.2) is 59.6 Å². The highest BCUT2D eigenvalue weighted by Gasteiger charge is 2.31. The van der Waals surface area contributed by atoms with Crippen LogP contribution < -0.4 is 4.74 Å². The smallest absolute Gasteiger partial charge is 0.266 e. The summed E-state index contributed by atoms with van der Waals surface area (Å²) < 4.78 is 8.44. The van der Waals surface area contributed by atoms with Crippen molar-refractivity contribution in [2.45, 2.75) is 34.1 Å². The highest BCUT2D eigenvalue weighted by atomic mass is 32.2. The Hall–Kier alpha value is -2.90. The first-order chi connectivity index (χ1) is 16.4. The van der Waals surface area contributed by atoms with Gasteiger partial charge in [0.15, 0.2) is 0 Å². The van der Waals surface area contributed by atoms with Gasteiger partial charge in [-0.15, -0.1) is 0 Å². The van der Waals surface area contributed by atoms with E-state index in [1.165, 1.54) is 11.8 Å². The summed E-state index contributed by atoms with van der Waals surface area (Å²) in [5.41, 5.74) is 4.66. The van der Waals surface area contributed by atoms with Crippen molar-refractivity contribution in [2.24, 2.45) is 5.92 Å². The minimum absolute atomic E-state index is 0.0546. The number of carbonyl (C=O) groups excluding carboxylic acids is 1. The van der Waals surface area contributed by atoms with Gasteiger partial charge in [-0.25, -0.2) is 4.68 Å². The molecule has 2 heterocycles. The molecular formula is C27H29N3O2S2. The van der Waals surface area contributed by atoms with Crippen molar-refractivity contribution in [3.05, 3.63) is 70.8 Å². The van der Waals surface area contributed by atoms with Crippen LogP contribution in [-0.2, 0) is 4.79 Å². The van der Waals surface area contributed by atoms with Gasteiger partial charge in [-0.2, -0.15) is 5.10 Å². The molecule has 1 aromatic heterocycles. The van der Waals surface area contributed by atoms with Crippen LogP contribution in [0.25, 0.3) is 23.0 Å². The number of amides is 1. The second-order valence-electron chi connectivity index (χ2n) is 8.65. The zero-order chi connectivity index (χ0) is 24.2. The van der Waals surface area contributed by atoms with E-state index in [-0.39, 0.29) is 5.91 Å². The number of rotatable bonds is 8. The summed E-state index contributed by atoms with van der Waals surface area (Å²) >= 11 is 6.73. The number of likely N-dealkylation sites (N-methyl/N-ethyl adjacent to an activating group) is 1. The summed E-state index contributed by atoms with van der Waals surface area (Å²) in [4.78, 5) is 15.1. The molecule has 0 atom stereocenters. The first-order valence-electron chi connectivity index (χ1n) is 11.5. The average Bonchev–Trinajstić information content (AvgIpc) is 3.35. The highest BCUT2D eigenvalue weighted by Crippen LogP contribution is 2.35. The molecule has 5 nitrogen and oxygen atoms in total. The van der Waals surface area contributed by atoms with E-state index >= 15 is 0 Å². The quantitative estimate of drug-likeness (QED) is 0.266. The Labute approximate surface area is 210 Å². The van der Waals surface area contributed by atoms with Gasteiger partial charge in [0.1, 0.15) is 15.8 Å². The molecule has 0 aliphatic carbocycles. The van der Waals surface area contributed by atoms with Crippen LogP contribution in [0.5, 0.6) is 5.75 Å². The Morgan fingerprint density at radius 2 is 1.94 bits per heavy atom. The Bertz CT molecular complexity index is 1230. The Kier molecular flexibility index (Phi) is 7.54. The lowest BCUT2D eigenvalue weighted by molar-refractivity contribution is -0.121. The molecule has 1 amide bonds. The molecule has 1 fully saturated rings. The average molecular weight is 492 g/mol. The lowest BCUT2D eigenvalue weighted by Crippen LogP contribution is -2.27. The van der Waals surface area contributed by atoms with Crippen LogP contribution in [0, 0.1) is 12.8 Å². The lowest BCUT2D eigenvalue weighted by Gasteiger charge is -2.11. The van der Waals surface area contributed by atoms with Crippen LogP contribution in [0.4, 0.5) is 0 Å². The summed E-state index contributed by atoms with van der Waals surface area (Å²) in [6, 6.07) is 16.1. The first kappa shape index (κ1) is 24.2. The molecule has 3 aromatic rings. The third-order valence-electron chi connectivity index (χ3n) is 5.64. The molecule has 0 bridgehead atoms. The van der Waals surface area contributed by atoms with Crippen molar-refractivity contribution in [1.82, 2.24) is 14.7 Å². The van der Waals surface area contributed by atoms with Crippen molar-refractivity contribution in [3.63, 3.8) is 0 Å². The second kappa shape index (κ2) is 10.6. The molecule has 1 saturated heterocycles. The van der Waals surface area contributed by atoms with Crippen LogP contribution in [-0.4, -0.2) is 38.1 Å². The van der Waals surface area contributed by atoms with E-state index in [0.717, 1.165) is 40.2 Å². The fourth-order valence-electron chi connectivity index (χ4n) is 3.71. The number of benzene rings is 2. The van der Waals surface area contributed by atoms with Crippen molar-refractivity contribution < 1.29 is 9.53 Å². The summed E-state index contributed by atoms with van der Waals surface area (Å²) in [7, 11) is 0. The maximum atomic E-state index is 12.8. The van der Waals surface area contributed by atoms with Crippen molar-refractivity contribution in [2.75, 3.05) is 13.2 Å². The van der Waals surface area contributed by atoms with Crippen LogP contribution in [0.1, 0.15) is 38.3 Å². The van der Waals surface area contributed by atoms with E-state index in [1.54, 1.807) is 4.90 Å². The summed E-state index contributed by atoms with van der Waals surface area (Å²) in [5.74, 6) is 1.43. The van der Waals surface area contributed by atoms with Gasteiger partial charge in [-0.05, 0) is 68.2 Å². The molecule has 0 N–H and O–H groups in total. The molecule has 0 unspecified atom stereocenters. The van der Waals surface area contributed by atoms with Gasteiger partial charge in [0.25, 0.3) is 5.91 Å². The van der Waals surface area contributed by atoms with E-state index in [1.807, 2.05) is 66.3 Å². The third kappa shape index (κ3) is 5.26. The first-order valence-corrected chi connectivity index (χ1v) is 12.7. The number of hydrogen-bond acceptors (Lipinski definition) is 5. The fraction of sp³-hybridized carbons (Fsp3) is 0.296. The predicted molar refractivity (Wildman–Crippen MR) is 144 cm³/mol. The van der Waals surface area contributed by atoms with Crippen LogP contribution in [0.3, 0.4) is 0 Å². The van der Waals surface area contributed by atoms with Crippen molar-refractivity contribution in [3.8, 4) is 22.7 Å². The van der Waals surface area contributed by atoms with E-state index in [0.29, 0.717) is 28.3 Å². The molecule has 0 radical (unpaired) electrons. The topological polar surface area (TPSA) is 47.4 Å². The van der Waals surface area contributed by atoms with Gasteiger partial charge < -0.3 is 4.74 Å². The van der Waals surface area contributed by atoms with Crippen LogP contribution in [0.2, 0.25) is 0 Å². The van der Waals surface area contributed by atoms with Gasteiger partial charge >= 0.3 is 0 Å². The van der Waals surface area contributed by atoms with Gasteiger partial charge in [0, 0.05) is 23.9 Å². The number of para-hydroxylation sites is 1. The largest absolute Gasteiger partial charge is 0.493 e. The van der Waals surface area contributed by atoms with Gasteiger partial charge in [0.05, 0.1) is 17.2 Å². The van der Waals surface area contributed by atoms with E-state index < -0.39 is 0 Å². The zero-order valence-electron chi connectivity index (χ0n) is 19.9. The molecule has 1 aliphatic rings. The number of thiocarbonyl (C=S) groups is 1. The molecule has 34 heavy (non-hydrogen) atoms. The second-order valence-corrected chi connectivity index (χ2v) is 10.3. The number of aryl methyl sites for hydroxylation is 1. The number of ether oxygens (including phenoxy) is 1. The normalized spacial score (nSPS) is 15.1. The van der Waals surface area contributed by atoms with Crippen LogP contribution >= 0.6 is 24.0 Å². The van der Waals surface area contributed by atoms with Gasteiger partial charge in [-0.3, -0.25) is 9.69 Å². The molecule has 0 saturated carbocycles. The van der Waals surface area contributed by atoms with Gasteiger partial charge in [0.2, 0.25) is 0 Å². The molecule has 4 rings (SSSR count). The number of aromatic nitrogens is 2. The van der Waals surface area contributed by atoms with E-state index in [4.69, 9.17) is 22.1 Å². The maximum absolute atomic E-state index is 12.8. The number of thioether (sulfide) groups is 1. The lowest BCUT2D eigenvalue weighted by atomic mass is 10.0. The SMILES string of the molecule is CCN1C(=O)C(=Cc2cn(-c3ccccc3)nc2-c2ccc(OCCC(C)C)c(C)c2)SC1=S. The molecule has 1 aliphatic heterocycles. The molecule has 2 aromatic carbocycles. The van der Waals surface area contributed by atoms with Gasteiger partial charge in [-0.1, -0.05) is 56.0 Å². The Balaban J connectivity index is 1.72. The summed E-state index contributed by atoms with van der Waals surface area (Å²) in [6.07, 6.45) is 4.88. The Morgan fingerprint density at radius 1 is 1.18 bits per heavy atom. The zero-order valence-corrected chi connectivity index (χ0v) is 21.6. The summed E-state index contributed by atoms with van der Waals surface area (Å²) in [6.45, 7) is 9.63. The van der Waals surface area contributed by atoms with E-state index in [2.05, 4.69) is 26.8 Å². The molecule has 176 valence electrons.